The Kier molecular flexibility index (Phi) is 3.11. The van der Waals surface area contributed by atoms with Gasteiger partial charge in [0, 0.05) is 17.3 Å². The molecule has 15 heavy (non-hydrogen) atoms. The van der Waals surface area contributed by atoms with Crippen molar-refractivity contribution in [1.82, 2.24) is 5.32 Å². The molecule has 0 aromatic heterocycles. The van der Waals surface area contributed by atoms with Crippen LogP contribution < -0.4 is 10.6 Å². The van der Waals surface area contributed by atoms with E-state index in [0.717, 1.165) is 12.2 Å². The summed E-state index contributed by atoms with van der Waals surface area (Å²) in [6.45, 7) is 0.777. The SMILES string of the molecule is O=C(NCC1CC1)Nc1ccc(Cl)cc1. The van der Waals surface area contributed by atoms with Gasteiger partial charge in [-0.05, 0) is 43.0 Å². The fourth-order valence-corrected chi connectivity index (χ4v) is 1.39. The van der Waals surface area contributed by atoms with Gasteiger partial charge in [0.15, 0.2) is 0 Å². The van der Waals surface area contributed by atoms with Gasteiger partial charge in [-0.3, -0.25) is 0 Å². The lowest BCUT2D eigenvalue weighted by Gasteiger charge is -2.06. The molecule has 1 aromatic rings. The van der Waals surface area contributed by atoms with Crippen molar-refractivity contribution in [2.75, 3.05) is 11.9 Å². The number of rotatable bonds is 3. The highest BCUT2D eigenvalue weighted by atomic mass is 35.5. The van der Waals surface area contributed by atoms with Crippen molar-refractivity contribution in [2.24, 2.45) is 5.92 Å². The molecule has 0 bridgehead atoms. The van der Waals surface area contributed by atoms with Crippen molar-refractivity contribution in [2.45, 2.75) is 12.8 Å². The van der Waals surface area contributed by atoms with Crippen LogP contribution in [0.4, 0.5) is 10.5 Å². The van der Waals surface area contributed by atoms with E-state index in [0.29, 0.717) is 10.9 Å². The van der Waals surface area contributed by atoms with E-state index >= 15 is 0 Å². The van der Waals surface area contributed by atoms with Crippen LogP contribution in [0.15, 0.2) is 24.3 Å². The number of nitrogens with one attached hydrogen (secondary N) is 2. The molecule has 0 aliphatic heterocycles. The van der Waals surface area contributed by atoms with Gasteiger partial charge < -0.3 is 10.6 Å². The van der Waals surface area contributed by atoms with Gasteiger partial charge in [0.25, 0.3) is 0 Å². The van der Waals surface area contributed by atoms with E-state index in [2.05, 4.69) is 10.6 Å². The molecular weight excluding hydrogens is 212 g/mol. The van der Waals surface area contributed by atoms with Crippen LogP contribution in [0.25, 0.3) is 0 Å². The van der Waals surface area contributed by atoms with Crippen molar-refractivity contribution in [3.8, 4) is 0 Å². The normalized spacial score (nSPS) is 14.7. The second kappa shape index (κ2) is 4.53. The van der Waals surface area contributed by atoms with E-state index in [1.165, 1.54) is 12.8 Å². The number of hydrogen-bond donors (Lipinski definition) is 2. The number of carbonyl (C=O) groups is 1. The third-order valence-corrected chi connectivity index (χ3v) is 2.60. The fourth-order valence-electron chi connectivity index (χ4n) is 1.27. The van der Waals surface area contributed by atoms with E-state index in [4.69, 9.17) is 11.6 Å². The largest absolute Gasteiger partial charge is 0.338 e. The Labute approximate surface area is 93.8 Å². The van der Waals surface area contributed by atoms with E-state index in [-0.39, 0.29) is 6.03 Å². The summed E-state index contributed by atoms with van der Waals surface area (Å²) in [6.07, 6.45) is 2.47. The molecule has 1 aliphatic rings. The topological polar surface area (TPSA) is 41.1 Å². The fraction of sp³-hybridized carbons (Fsp3) is 0.364. The summed E-state index contributed by atoms with van der Waals surface area (Å²) in [7, 11) is 0. The van der Waals surface area contributed by atoms with Crippen molar-refractivity contribution < 1.29 is 4.79 Å². The third kappa shape index (κ3) is 3.44. The highest BCUT2D eigenvalue weighted by molar-refractivity contribution is 6.30. The minimum absolute atomic E-state index is 0.149. The molecule has 0 radical (unpaired) electrons. The molecule has 2 amide bonds. The average Bonchev–Trinajstić information content (AvgIpc) is 3.02. The quantitative estimate of drug-likeness (QED) is 0.815. The number of amides is 2. The number of benzene rings is 1. The first-order valence-electron chi connectivity index (χ1n) is 5.04. The molecule has 1 aliphatic carbocycles. The van der Waals surface area contributed by atoms with E-state index < -0.39 is 0 Å². The number of hydrogen-bond acceptors (Lipinski definition) is 1. The van der Waals surface area contributed by atoms with Gasteiger partial charge in [-0.25, -0.2) is 4.79 Å². The minimum Gasteiger partial charge on any atom is -0.338 e. The van der Waals surface area contributed by atoms with Gasteiger partial charge in [0.1, 0.15) is 0 Å². The predicted molar refractivity (Wildman–Crippen MR) is 61.2 cm³/mol. The van der Waals surface area contributed by atoms with Gasteiger partial charge in [-0.2, -0.15) is 0 Å². The summed E-state index contributed by atoms with van der Waals surface area (Å²) >= 11 is 5.73. The summed E-state index contributed by atoms with van der Waals surface area (Å²) in [5.41, 5.74) is 0.757. The van der Waals surface area contributed by atoms with Crippen LogP contribution in [0.1, 0.15) is 12.8 Å². The summed E-state index contributed by atoms with van der Waals surface area (Å²) in [4.78, 5) is 11.4. The Hall–Kier alpha value is -1.22. The lowest BCUT2D eigenvalue weighted by molar-refractivity contribution is 0.251. The van der Waals surface area contributed by atoms with Crippen LogP contribution in [0.5, 0.6) is 0 Å². The first-order valence-corrected chi connectivity index (χ1v) is 5.42. The molecule has 0 saturated heterocycles. The zero-order valence-corrected chi connectivity index (χ0v) is 9.05. The van der Waals surface area contributed by atoms with Crippen LogP contribution in [0.2, 0.25) is 5.02 Å². The molecule has 2 rings (SSSR count). The van der Waals surface area contributed by atoms with Crippen molar-refractivity contribution in [3.63, 3.8) is 0 Å². The van der Waals surface area contributed by atoms with Gasteiger partial charge in [-0.1, -0.05) is 11.6 Å². The molecule has 0 heterocycles. The molecule has 0 atom stereocenters. The minimum atomic E-state index is -0.149. The molecule has 1 saturated carbocycles. The maximum atomic E-state index is 11.4. The molecule has 3 nitrogen and oxygen atoms in total. The second-order valence-electron chi connectivity index (χ2n) is 3.79. The molecular formula is C11H13ClN2O. The lowest BCUT2D eigenvalue weighted by atomic mass is 10.3. The first-order chi connectivity index (χ1) is 7.24. The average molecular weight is 225 g/mol. The molecule has 1 fully saturated rings. The van der Waals surface area contributed by atoms with Crippen LogP contribution in [0, 0.1) is 5.92 Å². The van der Waals surface area contributed by atoms with Crippen molar-refractivity contribution in [3.05, 3.63) is 29.3 Å². The standard InChI is InChI=1S/C11H13ClN2O/c12-9-3-5-10(6-4-9)14-11(15)13-7-8-1-2-8/h3-6,8H,1-2,7H2,(H2,13,14,15). The Bertz CT molecular complexity index is 346. The number of urea groups is 1. The molecule has 0 spiro atoms. The van der Waals surface area contributed by atoms with E-state index in [9.17, 15) is 4.79 Å². The molecule has 4 heteroatoms. The van der Waals surface area contributed by atoms with Crippen molar-refractivity contribution >= 4 is 23.3 Å². The summed E-state index contributed by atoms with van der Waals surface area (Å²) in [5, 5.41) is 6.23. The van der Waals surface area contributed by atoms with Gasteiger partial charge >= 0.3 is 6.03 Å². The van der Waals surface area contributed by atoms with Gasteiger partial charge in [0.05, 0.1) is 0 Å². The zero-order chi connectivity index (χ0) is 10.7. The maximum Gasteiger partial charge on any atom is 0.319 e. The Morgan fingerprint density at radius 1 is 1.33 bits per heavy atom. The highest BCUT2D eigenvalue weighted by Crippen LogP contribution is 2.27. The first kappa shape index (κ1) is 10.3. The number of anilines is 1. The Morgan fingerprint density at radius 3 is 2.60 bits per heavy atom. The summed E-state index contributed by atoms with van der Waals surface area (Å²) in [5.74, 6) is 0.695. The molecule has 1 aromatic carbocycles. The second-order valence-corrected chi connectivity index (χ2v) is 4.22. The smallest absolute Gasteiger partial charge is 0.319 e. The van der Waals surface area contributed by atoms with E-state index in [1.807, 2.05) is 0 Å². The molecule has 2 N–H and O–H groups in total. The van der Waals surface area contributed by atoms with Crippen LogP contribution in [-0.4, -0.2) is 12.6 Å². The predicted octanol–water partition coefficient (Wildman–Crippen LogP) is 2.87. The van der Waals surface area contributed by atoms with Crippen LogP contribution >= 0.6 is 11.6 Å². The lowest BCUT2D eigenvalue weighted by Crippen LogP contribution is -2.30. The summed E-state index contributed by atoms with van der Waals surface area (Å²) < 4.78 is 0. The summed E-state index contributed by atoms with van der Waals surface area (Å²) in [6, 6.07) is 6.90. The highest BCUT2D eigenvalue weighted by Gasteiger charge is 2.21. The maximum absolute atomic E-state index is 11.4. The van der Waals surface area contributed by atoms with Crippen LogP contribution in [0.3, 0.4) is 0 Å². The van der Waals surface area contributed by atoms with Gasteiger partial charge in [-0.15, -0.1) is 0 Å². The Balaban J connectivity index is 1.79. The van der Waals surface area contributed by atoms with Crippen LogP contribution in [-0.2, 0) is 0 Å². The Morgan fingerprint density at radius 2 is 2.00 bits per heavy atom. The zero-order valence-electron chi connectivity index (χ0n) is 8.29. The monoisotopic (exact) mass is 224 g/mol. The molecule has 0 unspecified atom stereocenters. The van der Waals surface area contributed by atoms with Crippen molar-refractivity contribution in [1.29, 1.82) is 0 Å². The third-order valence-electron chi connectivity index (χ3n) is 2.35. The number of halogens is 1. The number of carbonyl (C=O) groups excluding carboxylic acids is 1. The van der Waals surface area contributed by atoms with E-state index in [1.54, 1.807) is 24.3 Å². The van der Waals surface area contributed by atoms with Gasteiger partial charge in [0.2, 0.25) is 0 Å². The molecule has 80 valence electrons.